The molecule has 0 aliphatic rings. The van der Waals surface area contributed by atoms with E-state index in [0.29, 0.717) is 10.5 Å². The second kappa shape index (κ2) is 7.51. The first-order valence-corrected chi connectivity index (χ1v) is 8.87. The molecule has 0 aliphatic heterocycles. The van der Waals surface area contributed by atoms with Gasteiger partial charge in [-0.3, -0.25) is 9.36 Å². The number of aromatic amines is 1. The summed E-state index contributed by atoms with van der Waals surface area (Å²) in [5.41, 5.74) is 2.84. The normalized spacial score (nSPS) is 10.5. The molecule has 0 aliphatic carbocycles. The van der Waals surface area contributed by atoms with Gasteiger partial charge < -0.3 is 10.3 Å². The second-order valence-corrected chi connectivity index (χ2v) is 6.69. The van der Waals surface area contributed by atoms with E-state index >= 15 is 0 Å². The van der Waals surface area contributed by atoms with Crippen molar-refractivity contribution in [2.24, 2.45) is 0 Å². The van der Waals surface area contributed by atoms with Crippen LogP contribution < -0.4 is 5.32 Å². The molecule has 2 N–H and O–H groups in total. The topological polar surface area (TPSA) is 49.8 Å². The third-order valence-electron chi connectivity index (χ3n) is 3.51. The van der Waals surface area contributed by atoms with Crippen molar-refractivity contribution in [3.63, 3.8) is 0 Å². The minimum atomic E-state index is -0.0296. The SMILES string of the molecule is Cc1ccccc1SCC(=O)Nc1cccc(-n2cc[nH]c2=S)c1. The van der Waals surface area contributed by atoms with Gasteiger partial charge in [-0.25, -0.2) is 0 Å². The number of nitrogens with one attached hydrogen (secondary N) is 2. The molecule has 0 atom stereocenters. The zero-order valence-corrected chi connectivity index (χ0v) is 14.8. The summed E-state index contributed by atoms with van der Waals surface area (Å²) in [6.45, 7) is 2.05. The molecule has 3 rings (SSSR count). The third-order valence-corrected chi connectivity index (χ3v) is 5.00. The van der Waals surface area contributed by atoms with Crippen LogP contribution in [0.4, 0.5) is 5.69 Å². The molecule has 0 radical (unpaired) electrons. The Morgan fingerprint density at radius 3 is 2.83 bits per heavy atom. The monoisotopic (exact) mass is 355 g/mol. The number of anilines is 1. The van der Waals surface area contributed by atoms with Crippen LogP contribution in [-0.2, 0) is 4.79 Å². The molecule has 0 spiro atoms. The largest absolute Gasteiger partial charge is 0.337 e. The maximum Gasteiger partial charge on any atom is 0.234 e. The van der Waals surface area contributed by atoms with E-state index < -0.39 is 0 Å². The quantitative estimate of drug-likeness (QED) is 0.520. The number of hydrogen-bond donors (Lipinski definition) is 2. The molecular formula is C18H17N3OS2. The van der Waals surface area contributed by atoms with E-state index in [-0.39, 0.29) is 5.91 Å². The van der Waals surface area contributed by atoms with Gasteiger partial charge in [-0.1, -0.05) is 24.3 Å². The Morgan fingerprint density at radius 1 is 1.25 bits per heavy atom. The summed E-state index contributed by atoms with van der Waals surface area (Å²) in [6.07, 6.45) is 3.64. The number of rotatable bonds is 5. The molecule has 1 amide bonds. The van der Waals surface area contributed by atoms with E-state index in [4.69, 9.17) is 12.2 Å². The van der Waals surface area contributed by atoms with Gasteiger partial charge in [0.15, 0.2) is 4.77 Å². The Hall–Kier alpha value is -2.31. The summed E-state index contributed by atoms with van der Waals surface area (Å²) in [6, 6.07) is 15.7. The maximum absolute atomic E-state index is 12.2. The zero-order chi connectivity index (χ0) is 16.9. The van der Waals surface area contributed by atoms with Crippen molar-refractivity contribution in [1.82, 2.24) is 9.55 Å². The van der Waals surface area contributed by atoms with E-state index in [1.165, 1.54) is 17.3 Å². The van der Waals surface area contributed by atoms with Crippen LogP contribution in [0.5, 0.6) is 0 Å². The molecule has 1 aromatic heterocycles. The molecule has 2 aromatic carbocycles. The van der Waals surface area contributed by atoms with Gasteiger partial charge in [-0.2, -0.15) is 0 Å². The van der Waals surface area contributed by atoms with Crippen LogP contribution >= 0.6 is 24.0 Å². The number of imidazole rings is 1. The first kappa shape index (κ1) is 16.5. The van der Waals surface area contributed by atoms with Crippen LogP contribution in [0, 0.1) is 11.7 Å². The summed E-state index contributed by atoms with van der Waals surface area (Å²) in [5.74, 6) is 0.344. The second-order valence-electron chi connectivity index (χ2n) is 5.29. The number of aromatic nitrogens is 2. The third kappa shape index (κ3) is 3.96. The standard InChI is InChI=1S/C18H17N3OS2/c1-13-5-2-3-8-16(13)24-12-17(22)20-14-6-4-7-15(11-14)21-10-9-19-18(21)23/h2-11H,12H2,1H3,(H,19,23)(H,20,22). The van der Waals surface area contributed by atoms with Crippen molar-refractivity contribution in [2.45, 2.75) is 11.8 Å². The van der Waals surface area contributed by atoms with Gasteiger partial charge in [0.1, 0.15) is 0 Å². The molecular weight excluding hydrogens is 338 g/mol. The summed E-state index contributed by atoms with van der Waals surface area (Å²) in [5, 5.41) is 2.94. The zero-order valence-electron chi connectivity index (χ0n) is 13.2. The lowest BCUT2D eigenvalue weighted by atomic mass is 10.2. The number of hydrogen-bond acceptors (Lipinski definition) is 3. The van der Waals surface area contributed by atoms with Crippen LogP contribution in [0.3, 0.4) is 0 Å². The van der Waals surface area contributed by atoms with E-state index in [2.05, 4.69) is 10.3 Å². The highest BCUT2D eigenvalue weighted by molar-refractivity contribution is 8.00. The predicted octanol–water partition coefficient (Wildman–Crippen LogP) is 4.57. The van der Waals surface area contributed by atoms with Gasteiger partial charge in [-0.05, 0) is 49.0 Å². The lowest BCUT2D eigenvalue weighted by Gasteiger charge is -2.09. The molecule has 0 bridgehead atoms. The van der Waals surface area contributed by atoms with Gasteiger partial charge in [0.2, 0.25) is 5.91 Å². The summed E-state index contributed by atoms with van der Waals surface area (Å²) in [4.78, 5) is 16.3. The Kier molecular flexibility index (Phi) is 5.17. The molecule has 3 aromatic rings. The van der Waals surface area contributed by atoms with E-state index in [0.717, 1.165) is 16.3 Å². The average Bonchev–Trinajstić information content (AvgIpc) is 3.00. The van der Waals surface area contributed by atoms with Crippen molar-refractivity contribution in [1.29, 1.82) is 0 Å². The summed E-state index contributed by atoms with van der Waals surface area (Å²) >= 11 is 6.76. The van der Waals surface area contributed by atoms with Crippen molar-refractivity contribution in [2.75, 3.05) is 11.1 Å². The Morgan fingerprint density at radius 2 is 2.08 bits per heavy atom. The van der Waals surface area contributed by atoms with Crippen molar-refractivity contribution < 1.29 is 4.79 Å². The van der Waals surface area contributed by atoms with Crippen LogP contribution in [0.25, 0.3) is 5.69 Å². The molecule has 122 valence electrons. The minimum Gasteiger partial charge on any atom is -0.337 e. The molecule has 0 saturated carbocycles. The molecule has 0 saturated heterocycles. The number of thioether (sulfide) groups is 1. The number of carbonyl (C=O) groups is 1. The van der Waals surface area contributed by atoms with Crippen LogP contribution in [0.1, 0.15) is 5.56 Å². The van der Waals surface area contributed by atoms with Gasteiger partial charge in [-0.15, -0.1) is 11.8 Å². The number of aryl methyl sites for hydroxylation is 1. The Bertz CT molecular complexity index is 914. The number of nitrogens with zero attached hydrogens (tertiary/aromatic N) is 1. The van der Waals surface area contributed by atoms with Gasteiger partial charge >= 0.3 is 0 Å². The van der Waals surface area contributed by atoms with Crippen LogP contribution in [0.15, 0.2) is 65.8 Å². The van der Waals surface area contributed by atoms with Crippen LogP contribution in [0.2, 0.25) is 0 Å². The molecule has 0 unspecified atom stereocenters. The first-order chi connectivity index (χ1) is 11.6. The fourth-order valence-electron chi connectivity index (χ4n) is 2.32. The van der Waals surface area contributed by atoms with Crippen LogP contribution in [-0.4, -0.2) is 21.2 Å². The lowest BCUT2D eigenvalue weighted by molar-refractivity contribution is -0.113. The molecule has 6 heteroatoms. The maximum atomic E-state index is 12.2. The van der Waals surface area contributed by atoms with E-state index in [9.17, 15) is 4.79 Å². The van der Waals surface area contributed by atoms with Gasteiger partial charge in [0.25, 0.3) is 0 Å². The first-order valence-electron chi connectivity index (χ1n) is 7.48. The fraction of sp³-hybridized carbons (Fsp3) is 0.111. The summed E-state index contributed by atoms with van der Waals surface area (Å²) in [7, 11) is 0. The Labute approximate surface area is 149 Å². The van der Waals surface area contributed by atoms with Crippen molar-refractivity contribution >= 4 is 35.6 Å². The van der Waals surface area contributed by atoms with E-state index in [1.807, 2.05) is 66.2 Å². The predicted molar refractivity (Wildman–Crippen MR) is 101 cm³/mol. The molecule has 4 nitrogen and oxygen atoms in total. The average molecular weight is 355 g/mol. The van der Waals surface area contributed by atoms with Crippen molar-refractivity contribution in [3.05, 3.63) is 71.3 Å². The number of H-pyrrole nitrogens is 1. The highest BCUT2D eigenvalue weighted by atomic mass is 32.2. The molecule has 24 heavy (non-hydrogen) atoms. The number of carbonyl (C=O) groups excluding carboxylic acids is 1. The Balaban J connectivity index is 1.66. The highest BCUT2D eigenvalue weighted by Gasteiger charge is 2.06. The number of amides is 1. The number of benzene rings is 2. The van der Waals surface area contributed by atoms with Crippen molar-refractivity contribution in [3.8, 4) is 5.69 Å². The smallest absolute Gasteiger partial charge is 0.234 e. The molecule has 0 fully saturated rings. The fourth-order valence-corrected chi connectivity index (χ4v) is 3.38. The molecule has 1 heterocycles. The van der Waals surface area contributed by atoms with Gasteiger partial charge in [0.05, 0.1) is 5.75 Å². The minimum absolute atomic E-state index is 0.0296. The van der Waals surface area contributed by atoms with E-state index in [1.54, 1.807) is 6.20 Å². The van der Waals surface area contributed by atoms with Gasteiger partial charge in [0, 0.05) is 28.7 Å². The highest BCUT2D eigenvalue weighted by Crippen LogP contribution is 2.22. The summed E-state index contributed by atoms with van der Waals surface area (Å²) < 4.78 is 2.47. The lowest BCUT2D eigenvalue weighted by Crippen LogP contribution is -2.14.